The highest BCUT2D eigenvalue weighted by Gasteiger charge is 2.23. The molecule has 1 unspecified atom stereocenters. The van der Waals surface area contributed by atoms with E-state index in [0.29, 0.717) is 12.2 Å². The van der Waals surface area contributed by atoms with Gasteiger partial charge in [-0.05, 0) is 23.8 Å². The molecule has 1 amide bonds. The zero-order valence-electron chi connectivity index (χ0n) is 10.8. The maximum atomic E-state index is 12.7. The topological polar surface area (TPSA) is 54.0 Å². The fourth-order valence-corrected chi connectivity index (χ4v) is 2.41. The van der Waals surface area contributed by atoms with Crippen molar-refractivity contribution in [3.63, 3.8) is 0 Å². The van der Waals surface area contributed by atoms with Gasteiger partial charge in [-0.1, -0.05) is 18.2 Å². The first kappa shape index (κ1) is 12.6. The Balaban J connectivity index is 1.64. The number of hydrogen-bond acceptors (Lipinski definition) is 3. The van der Waals surface area contributed by atoms with Crippen molar-refractivity contribution in [1.82, 2.24) is 4.98 Å². The van der Waals surface area contributed by atoms with Crippen LogP contribution in [0.2, 0.25) is 0 Å². The Morgan fingerprint density at radius 1 is 1.35 bits per heavy atom. The molecule has 0 bridgehead atoms. The minimum Gasteiger partial charge on any atom is -0.384 e. The number of rotatable bonds is 3. The summed E-state index contributed by atoms with van der Waals surface area (Å²) in [6, 6.07) is 10.7. The summed E-state index contributed by atoms with van der Waals surface area (Å²) in [5.41, 5.74) is 2.25. The average Bonchev–Trinajstić information content (AvgIpc) is 2.85. The zero-order chi connectivity index (χ0) is 13.9. The van der Waals surface area contributed by atoms with E-state index in [-0.39, 0.29) is 11.8 Å². The van der Waals surface area contributed by atoms with Crippen LogP contribution in [0.15, 0.2) is 42.6 Å². The van der Waals surface area contributed by atoms with Crippen LogP contribution in [0.25, 0.3) is 0 Å². The molecule has 1 aromatic heterocycles. The number of nitrogens with one attached hydrogen (secondary N) is 2. The van der Waals surface area contributed by atoms with Gasteiger partial charge in [0.15, 0.2) is 0 Å². The number of nitrogens with zero attached hydrogens (tertiary/aromatic N) is 1. The second-order valence-corrected chi connectivity index (χ2v) is 4.78. The van der Waals surface area contributed by atoms with Gasteiger partial charge < -0.3 is 10.6 Å². The van der Waals surface area contributed by atoms with E-state index < -0.39 is 5.82 Å². The number of fused-ring (bicyclic) bond motifs is 1. The summed E-state index contributed by atoms with van der Waals surface area (Å²) >= 11 is 0. The number of hydrogen-bond donors (Lipinski definition) is 2. The molecule has 1 aromatic carbocycles. The first-order valence-electron chi connectivity index (χ1n) is 6.46. The zero-order valence-corrected chi connectivity index (χ0v) is 10.8. The lowest BCUT2D eigenvalue weighted by Crippen LogP contribution is -2.17. The number of amides is 1. The number of halogens is 1. The van der Waals surface area contributed by atoms with E-state index in [1.165, 1.54) is 12.1 Å². The van der Waals surface area contributed by atoms with Gasteiger partial charge in [0.2, 0.25) is 5.91 Å². The molecule has 0 spiro atoms. The molecule has 0 radical (unpaired) electrons. The molecule has 5 heteroatoms. The Morgan fingerprint density at radius 3 is 3.00 bits per heavy atom. The van der Waals surface area contributed by atoms with E-state index in [1.807, 2.05) is 24.3 Å². The predicted molar refractivity (Wildman–Crippen MR) is 75.1 cm³/mol. The molecule has 2 N–H and O–H groups in total. The molecule has 2 heterocycles. The Morgan fingerprint density at radius 2 is 2.20 bits per heavy atom. The van der Waals surface area contributed by atoms with Crippen molar-refractivity contribution in [2.24, 2.45) is 0 Å². The average molecular weight is 271 g/mol. The summed E-state index contributed by atoms with van der Waals surface area (Å²) in [6.07, 6.45) is 1.46. The molecule has 20 heavy (non-hydrogen) atoms. The summed E-state index contributed by atoms with van der Waals surface area (Å²) in [4.78, 5) is 15.8. The maximum Gasteiger partial charge on any atom is 0.226 e. The van der Waals surface area contributed by atoms with E-state index in [1.54, 1.807) is 0 Å². The fourth-order valence-electron chi connectivity index (χ4n) is 2.41. The van der Waals surface area contributed by atoms with Gasteiger partial charge >= 0.3 is 0 Å². The molecule has 3 rings (SSSR count). The van der Waals surface area contributed by atoms with Gasteiger partial charge in [-0.3, -0.25) is 4.79 Å². The van der Waals surface area contributed by atoms with Crippen molar-refractivity contribution in [2.45, 2.75) is 12.3 Å². The molecule has 4 nitrogen and oxygen atoms in total. The van der Waals surface area contributed by atoms with Gasteiger partial charge in [-0.2, -0.15) is 0 Å². The lowest BCUT2D eigenvalue weighted by atomic mass is 9.97. The lowest BCUT2D eigenvalue weighted by molar-refractivity contribution is -0.116. The third-order valence-electron chi connectivity index (χ3n) is 3.37. The monoisotopic (exact) mass is 271 g/mol. The number of carbonyl (C=O) groups excluding carboxylic acids is 1. The molecule has 0 saturated carbocycles. The summed E-state index contributed by atoms with van der Waals surface area (Å²) < 4.78 is 12.7. The maximum absolute atomic E-state index is 12.7. The number of carbonyl (C=O) groups is 1. The quantitative estimate of drug-likeness (QED) is 0.902. The van der Waals surface area contributed by atoms with Crippen LogP contribution >= 0.6 is 0 Å². The van der Waals surface area contributed by atoms with Crippen LogP contribution in [-0.4, -0.2) is 17.4 Å². The largest absolute Gasteiger partial charge is 0.384 e. The van der Waals surface area contributed by atoms with E-state index in [2.05, 4.69) is 15.6 Å². The number of benzene rings is 1. The minimum absolute atomic E-state index is 0.118. The van der Waals surface area contributed by atoms with Crippen molar-refractivity contribution < 1.29 is 9.18 Å². The molecule has 102 valence electrons. The number of aromatic nitrogens is 1. The van der Waals surface area contributed by atoms with Crippen molar-refractivity contribution in [2.75, 3.05) is 17.2 Å². The van der Waals surface area contributed by atoms with Crippen LogP contribution in [0.3, 0.4) is 0 Å². The smallest absolute Gasteiger partial charge is 0.226 e. The molecule has 0 fully saturated rings. The third-order valence-corrected chi connectivity index (χ3v) is 3.37. The predicted octanol–water partition coefficient (Wildman–Crippen LogP) is 2.76. The third kappa shape index (κ3) is 2.61. The van der Waals surface area contributed by atoms with E-state index >= 15 is 0 Å². The van der Waals surface area contributed by atoms with Crippen LogP contribution in [0.5, 0.6) is 0 Å². The van der Waals surface area contributed by atoms with Crippen LogP contribution in [0.4, 0.5) is 15.9 Å². The summed E-state index contributed by atoms with van der Waals surface area (Å²) in [5, 5.41) is 5.96. The van der Waals surface area contributed by atoms with Crippen LogP contribution in [0.1, 0.15) is 17.9 Å². The molecular weight excluding hydrogens is 257 g/mol. The Kier molecular flexibility index (Phi) is 3.33. The molecular formula is C15H14FN3O. The fraction of sp³-hybridized carbons (Fsp3) is 0.200. The van der Waals surface area contributed by atoms with Crippen LogP contribution < -0.4 is 10.6 Å². The van der Waals surface area contributed by atoms with Crippen molar-refractivity contribution in [1.29, 1.82) is 0 Å². The highest BCUT2D eigenvalue weighted by molar-refractivity contribution is 5.90. The van der Waals surface area contributed by atoms with E-state index in [0.717, 1.165) is 24.0 Å². The van der Waals surface area contributed by atoms with Gasteiger partial charge in [0.25, 0.3) is 0 Å². The molecule has 0 saturated heterocycles. The Labute approximate surface area is 116 Å². The van der Waals surface area contributed by atoms with Crippen molar-refractivity contribution >= 4 is 17.4 Å². The summed E-state index contributed by atoms with van der Waals surface area (Å²) in [7, 11) is 0. The normalized spacial score (nSPS) is 16.4. The van der Waals surface area contributed by atoms with Gasteiger partial charge in [0.1, 0.15) is 11.6 Å². The van der Waals surface area contributed by atoms with Gasteiger partial charge in [-0.25, -0.2) is 9.37 Å². The molecule has 2 aromatic rings. The van der Waals surface area contributed by atoms with Crippen molar-refractivity contribution in [3.05, 3.63) is 54.0 Å². The summed E-state index contributed by atoms with van der Waals surface area (Å²) in [5.74, 6) is -0.00757. The molecule has 0 aliphatic carbocycles. The summed E-state index contributed by atoms with van der Waals surface area (Å²) in [6.45, 7) is 0.754. The number of anilines is 2. The number of para-hydroxylation sites is 1. The highest BCUT2D eigenvalue weighted by atomic mass is 19.1. The van der Waals surface area contributed by atoms with Crippen molar-refractivity contribution in [3.8, 4) is 0 Å². The molecule has 1 aliphatic rings. The second-order valence-electron chi connectivity index (χ2n) is 4.78. The van der Waals surface area contributed by atoms with Gasteiger partial charge in [0.05, 0.1) is 6.20 Å². The number of pyridine rings is 1. The SMILES string of the molecule is O=C(CC1CNc2ccccc21)Nc1ccc(F)cn1. The lowest BCUT2D eigenvalue weighted by Gasteiger charge is -2.10. The van der Waals surface area contributed by atoms with E-state index in [4.69, 9.17) is 0 Å². The van der Waals surface area contributed by atoms with Gasteiger partial charge in [-0.15, -0.1) is 0 Å². The van der Waals surface area contributed by atoms with Crippen LogP contribution in [0, 0.1) is 5.82 Å². The van der Waals surface area contributed by atoms with Crippen LogP contribution in [-0.2, 0) is 4.79 Å². The second kappa shape index (κ2) is 5.28. The van der Waals surface area contributed by atoms with Gasteiger partial charge in [0, 0.05) is 24.6 Å². The standard InChI is InChI=1S/C15H14FN3O/c16-11-5-6-14(18-9-11)19-15(20)7-10-8-17-13-4-2-1-3-12(10)13/h1-6,9-10,17H,7-8H2,(H,18,19,20). The Bertz CT molecular complexity index is 627. The van der Waals surface area contributed by atoms with E-state index in [9.17, 15) is 9.18 Å². The first-order chi connectivity index (χ1) is 9.72. The minimum atomic E-state index is -0.420. The first-order valence-corrected chi connectivity index (χ1v) is 6.46. The Hall–Kier alpha value is -2.43. The molecule has 1 atom stereocenters. The highest BCUT2D eigenvalue weighted by Crippen LogP contribution is 2.33. The molecule has 1 aliphatic heterocycles.